The number of likely N-dealkylation sites (tertiary alicyclic amines) is 1. The lowest BCUT2D eigenvalue weighted by molar-refractivity contribution is -0.0686. The van der Waals surface area contributed by atoms with Crippen LogP contribution in [0.15, 0.2) is 79.6 Å². The molecule has 2 heterocycles. The lowest BCUT2D eigenvalue weighted by atomic mass is 9.82. The Morgan fingerprint density at radius 3 is 2.24 bits per heavy atom. The Morgan fingerprint density at radius 2 is 1.61 bits per heavy atom. The second kappa shape index (κ2) is 9.49. The average molecular weight is 452 g/mol. The molecule has 0 radical (unpaired) electrons. The second-order valence-corrected chi connectivity index (χ2v) is 8.88. The molecule has 2 aromatic carbocycles. The number of halogens is 3. The molecule has 0 aliphatic carbocycles. The van der Waals surface area contributed by atoms with Gasteiger partial charge in [0.25, 0.3) is 0 Å². The van der Waals surface area contributed by atoms with Crippen LogP contribution in [0, 0.1) is 0 Å². The largest absolute Gasteiger partial charge is 0.416 e. The van der Waals surface area contributed by atoms with Gasteiger partial charge in [0, 0.05) is 37.6 Å². The Hall–Kier alpha value is -2.96. The van der Waals surface area contributed by atoms with E-state index in [2.05, 4.69) is 40.7 Å². The number of piperidine rings is 1. The quantitative estimate of drug-likeness (QED) is 0.510. The molecule has 172 valence electrons. The summed E-state index contributed by atoms with van der Waals surface area (Å²) in [5.74, 6) is 0. The molecular weight excluding hydrogens is 423 g/mol. The zero-order valence-electron chi connectivity index (χ0n) is 18.5. The smallest absolute Gasteiger partial charge is 0.325 e. The van der Waals surface area contributed by atoms with Gasteiger partial charge in [-0.15, -0.1) is 0 Å². The minimum Gasteiger partial charge on any atom is -0.325 e. The molecule has 0 spiro atoms. The average Bonchev–Trinajstić information content (AvgIpc) is 2.81. The summed E-state index contributed by atoms with van der Waals surface area (Å²) in [4.78, 5) is 6.53. The van der Waals surface area contributed by atoms with Gasteiger partial charge in [0.05, 0.1) is 5.57 Å². The van der Waals surface area contributed by atoms with E-state index in [0.29, 0.717) is 6.42 Å². The fourth-order valence-corrected chi connectivity index (χ4v) is 4.44. The maximum atomic E-state index is 12.9. The SMILES string of the molecule is C=C(c1ccc(CC2(N)CCN(Cc3ccccc3-c3ccncc3)CC2)cc1)C(F)(F)F. The van der Waals surface area contributed by atoms with E-state index in [1.54, 1.807) is 24.5 Å². The van der Waals surface area contributed by atoms with Gasteiger partial charge < -0.3 is 5.73 Å². The predicted octanol–water partition coefficient (Wildman–Crippen LogP) is 5.86. The number of allylic oxidation sites excluding steroid dienone is 1. The fourth-order valence-electron chi connectivity index (χ4n) is 4.44. The first-order valence-electron chi connectivity index (χ1n) is 11.1. The van der Waals surface area contributed by atoms with Crippen LogP contribution in [0.4, 0.5) is 13.2 Å². The number of nitrogens with two attached hydrogens (primary N) is 1. The number of hydrogen-bond donors (Lipinski definition) is 1. The molecule has 1 aliphatic heterocycles. The van der Waals surface area contributed by atoms with Crippen LogP contribution < -0.4 is 5.73 Å². The normalized spacial score (nSPS) is 16.5. The van der Waals surface area contributed by atoms with E-state index in [4.69, 9.17) is 5.73 Å². The summed E-state index contributed by atoms with van der Waals surface area (Å²) in [7, 11) is 0. The minimum absolute atomic E-state index is 0.0972. The Labute approximate surface area is 192 Å². The standard InChI is InChI=1S/C27H28F3N3/c1-20(27(28,29)30)22-8-6-21(7-9-22)18-26(31)12-16-33(17-13-26)19-24-4-2-3-5-25(24)23-10-14-32-15-11-23/h2-11,14-15H,1,12-13,16-19,31H2. The summed E-state index contributed by atoms with van der Waals surface area (Å²) in [5.41, 5.74) is 10.2. The number of rotatable bonds is 6. The third-order valence-corrected chi connectivity index (χ3v) is 6.46. The molecular formula is C27H28F3N3. The number of benzene rings is 2. The monoisotopic (exact) mass is 451 g/mol. The molecule has 6 heteroatoms. The van der Waals surface area contributed by atoms with Crippen LogP contribution in [0.1, 0.15) is 29.5 Å². The van der Waals surface area contributed by atoms with Crippen LogP contribution in [0.5, 0.6) is 0 Å². The number of pyridine rings is 1. The molecule has 0 atom stereocenters. The molecule has 2 N–H and O–H groups in total. The summed E-state index contributed by atoms with van der Waals surface area (Å²) in [5, 5.41) is 0. The van der Waals surface area contributed by atoms with Gasteiger partial charge in [0.2, 0.25) is 0 Å². The van der Waals surface area contributed by atoms with Crippen molar-refractivity contribution in [1.82, 2.24) is 9.88 Å². The van der Waals surface area contributed by atoms with Gasteiger partial charge in [-0.3, -0.25) is 9.88 Å². The first-order valence-corrected chi connectivity index (χ1v) is 11.1. The summed E-state index contributed by atoms with van der Waals surface area (Å²) in [6.45, 7) is 5.77. The number of alkyl halides is 3. The second-order valence-electron chi connectivity index (χ2n) is 8.88. The van der Waals surface area contributed by atoms with Gasteiger partial charge in [-0.1, -0.05) is 55.1 Å². The topological polar surface area (TPSA) is 42.1 Å². The highest BCUT2D eigenvalue weighted by Gasteiger charge is 2.33. The van der Waals surface area contributed by atoms with Crippen molar-refractivity contribution in [3.63, 3.8) is 0 Å². The highest BCUT2D eigenvalue weighted by molar-refractivity contribution is 5.68. The molecule has 4 rings (SSSR count). The molecule has 3 aromatic rings. The molecule has 0 unspecified atom stereocenters. The Bertz CT molecular complexity index is 1080. The van der Waals surface area contributed by atoms with Crippen LogP contribution in [-0.4, -0.2) is 34.7 Å². The van der Waals surface area contributed by atoms with E-state index in [9.17, 15) is 13.2 Å². The minimum atomic E-state index is -4.42. The van der Waals surface area contributed by atoms with Crippen molar-refractivity contribution in [3.05, 3.63) is 96.3 Å². The third kappa shape index (κ3) is 5.70. The molecule has 1 saturated heterocycles. The van der Waals surface area contributed by atoms with Crippen molar-refractivity contribution in [2.45, 2.75) is 37.5 Å². The van der Waals surface area contributed by atoms with Crippen LogP contribution in [-0.2, 0) is 13.0 Å². The van der Waals surface area contributed by atoms with Crippen molar-refractivity contribution < 1.29 is 13.2 Å². The van der Waals surface area contributed by atoms with E-state index >= 15 is 0 Å². The van der Waals surface area contributed by atoms with E-state index < -0.39 is 11.7 Å². The van der Waals surface area contributed by atoms with Crippen molar-refractivity contribution >= 4 is 5.57 Å². The summed E-state index contributed by atoms with van der Waals surface area (Å²) in [6, 6.07) is 18.9. The van der Waals surface area contributed by atoms with Gasteiger partial charge in [0.15, 0.2) is 0 Å². The lowest BCUT2D eigenvalue weighted by Crippen LogP contribution is -2.51. The van der Waals surface area contributed by atoms with Crippen molar-refractivity contribution in [2.24, 2.45) is 5.73 Å². The van der Waals surface area contributed by atoms with Gasteiger partial charge in [-0.25, -0.2) is 0 Å². The zero-order valence-corrected chi connectivity index (χ0v) is 18.5. The van der Waals surface area contributed by atoms with Gasteiger partial charge >= 0.3 is 6.18 Å². The van der Waals surface area contributed by atoms with E-state index in [-0.39, 0.29) is 11.1 Å². The summed E-state index contributed by atoms with van der Waals surface area (Å²) >= 11 is 0. The predicted molar refractivity (Wildman–Crippen MR) is 126 cm³/mol. The molecule has 33 heavy (non-hydrogen) atoms. The summed E-state index contributed by atoms with van der Waals surface area (Å²) < 4.78 is 38.6. The van der Waals surface area contributed by atoms with Crippen LogP contribution in [0.3, 0.4) is 0 Å². The first kappa shape index (κ1) is 23.2. The van der Waals surface area contributed by atoms with Gasteiger partial charge in [-0.05, 0) is 59.2 Å². The van der Waals surface area contributed by atoms with Crippen LogP contribution >= 0.6 is 0 Å². The van der Waals surface area contributed by atoms with Crippen LogP contribution in [0.25, 0.3) is 16.7 Å². The maximum Gasteiger partial charge on any atom is 0.416 e. The highest BCUT2D eigenvalue weighted by atomic mass is 19.4. The lowest BCUT2D eigenvalue weighted by Gasteiger charge is -2.39. The number of aromatic nitrogens is 1. The molecule has 0 amide bonds. The van der Waals surface area contributed by atoms with Crippen molar-refractivity contribution in [3.8, 4) is 11.1 Å². The highest BCUT2D eigenvalue weighted by Crippen LogP contribution is 2.33. The molecule has 3 nitrogen and oxygen atoms in total. The van der Waals surface area contributed by atoms with Crippen LogP contribution in [0.2, 0.25) is 0 Å². The van der Waals surface area contributed by atoms with Crippen molar-refractivity contribution in [1.29, 1.82) is 0 Å². The first-order chi connectivity index (χ1) is 15.7. The molecule has 1 aliphatic rings. The molecule has 1 fully saturated rings. The van der Waals surface area contributed by atoms with E-state index in [1.807, 2.05) is 12.1 Å². The third-order valence-electron chi connectivity index (χ3n) is 6.46. The maximum absolute atomic E-state index is 12.9. The van der Waals surface area contributed by atoms with E-state index in [1.165, 1.54) is 23.3 Å². The molecule has 0 saturated carbocycles. The number of hydrogen-bond acceptors (Lipinski definition) is 3. The fraction of sp³-hybridized carbons (Fsp3) is 0.296. The number of nitrogens with zero attached hydrogens (tertiary/aromatic N) is 2. The molecule has 0 bridgehead atoms. The van der Waals surface area contributed by atoms with Crippen molar-refractivity contribution in [2.75, 3.05) is 13.1 Å². The Morgan fingerprint density at radius 1 is 0.970 bits per heavy atom. The van der Waals surface area contributed by atoms with E-state index in [0.717, 1.165) is 43.6 Å². The van der Waals surface area contributed by atoms with Gasteiger partial charge in [0.1, 0.15) is 0 Å². The van der Waals surface area contributed by atoms with Gasteiger partial charge in [-0.2, -0.15) is 13.2 Å². The zero-order chi connectivity index (χ0) is 23.5. The molecule has 1 aromatic heterocycles. The Balaban J connectivity index is 1.37. The summed E-state index contributed by atoms with van der Waals surface area (Å²) in [6.07, 6.45) is 1.51. The Kier molecular flexibility index (Phi) is 6.68.